The van der Waals surface area contributed by atoms with Crippen LogP contribution >= 0.6 is 15.9 Å². The fraction of sp³-hybridized carbons (Fsp3) is 0.385. The van der Waals surface area contributed by atoms with E-state index in [-0.39, 0.29) is 6.04 Å². The molecule has 1 aliphatic heterocycles. The van der Waals surface area contributed by atoms with Crippen LogP contribution in [0.3, 0.4) is 0 Å². The van der Waals surface area contributed by atoms with Crippen molar-refractivity contribution in [2.45, 2.75) is 6.04 Å². The largest absolute Gasteiger partial charge is 0.334 e. The molecule has 1 N–H and O–H groups in total. The van der Waals surface area contributed by atoms with Crippen LogP contribution in [0, 0.1) is 0 Å². The minimum atomic E-state index is 0.175. The lowest BCUT2D eigenvalue weighted by Crippen LogP contribution is -2.44. The van der Waals surface area contributed by atoms with E-state index in [2.05, 4.69) is 43.3 Å². The van der Waals surface area contributed by atoms with Gasteiger partial charge in [-0.25, -0.2) is 0 Å². The van der Waals surface area contributed by atoms with E-state index >= 15 is 0 Å². The summed E-state index contributed by atoms with van der Waals surface area (Å²) in [5, 5.41) is 7.47. The Morgan fingerprint density at radius 1 is 1.42 bits per heavy atom. The van der Waals surface area contributed by atoms with Gasteiger partial charge in [-0.15, -0.1) is 0 Å². The van der Waals surface area contributed by atoms with E-state index in [0.29, 0.717) is 5.89 Å². The van der Waals surface area contributed by atoms with Crippen LogP contribution in [-0.4, -0.2) is 41.7 Å². The van der Waals surface area contributed by atoms with Crippen molar-refractivity contribution in [2.75, 3.05) is 26.7 Å². The molecule has 1 aromatic carbocycles. The Morgan fingerprint density at radius 2 is 2.26 bits per heavy atom. The Balaban J connectivity index is 1.89. The monoisotopic (exact) mass is 322 g/mol. The molecule has 0 bridgehead atoms. The molecule has 1 saturated heterocycles. The Kier molecular flexibility index (Phi) is 3.63. The van der Waals surface area contributed by atoms with Crippen molar-refractivity contribution in [2.24, 2.45) is 0 Å². The molecule has 3 rings (SSSR count). The Bertz CT molecular complexity index is 571. The molecule has 1 aromatic heterocycles. The number of rotatable bonds is 2. The second-order valence-corrected chi connectivity index (χ2v) is 5.49. The first-order chi connectivity index (χ1) is 9.25. The first-order valence-corrected chi connectivity index (χ1v) is 7.04. The van der Waals surface area contributed by atoms with Crippen molar-refractivity contribution in [3.63, 3.8) is 0 Å². The molecule has 19 heavy (non-hydrogen) atoms. The van der Waals surface area contributed by atoms with E-state index in [1.807, 2.05) is 24.3 Å². The molecule has 5 nitrogen and oxygen atoms in total. The van der Waals surface area contributed by atoms with E-state index < -0.39 is 0 Å². The third kappa shape index (κ3) is 2.56. The minimum absolute atomic E-state index is 0.175. The first-order valence-electron chi connectivity index (χ1n) is 6.25. The molecule has 0 radical (unpaired) electrons. The molecule has 100 valence electrons. The molecular formula is C13H15BrN4O. The number of aromatic nitrogens is 2. The number of hydrogen-bond acceptors (Lipinski definition) is 5. The zero-order chi connectivity index (χ0) is 13.2. The SMILES string of the molecule is CN1CCNCC1c1noc(-c2ccccc2Br)n1. The fourth-order valence-electron chi connectivity index (χ4n) is 2.21. The summed E-state index contributed by atoms with van der Waals surface area (Å²) in [5.74, 6) is 1.29. The predicted octanol–water partition coefficient (Wildman–Crippen LogP) is 2.08. The highest BCUT2D eigenvalue weighted by Gasteiger charge is 2.25. The number of nitrogens with one attached hydrogen (secondary N) is 1. The number of halogens is 1. The average Bonchev–Trinajstić information content (AvgIpc) is 2.89. The molecule has 2 heterocycles. The molecule has 0 amide bonds. The van der Waals surface area contributed by atoms with Gasteiger partial charge in [0.2, 0.25) is 0 Å². The van der Waals surface area contributed by atoms with E-state index in [1.54, 1.807) is 0 Å². The van der Waals surface area contributed by atoms with Crippen molar-refractivity contribution >= 4 is 15.9 Å². The van der Waals surface area contributed by atoms with E-state index in [9.17, 15) is 0 Å². The van der Waals surface area contributed by atoms with Crippen LogP contribution in [0.4, 0.5) is 0 Å². The minimum Gasteiger partial charge on any atom is -0.334 e. The van der Waals surface area contributed by atoms with Crippen LogP contribution in [0.1, 0.15) is 11.9 Å². The molecular weight excluding hydrogens is 308 g/mol. The van der Waals surface area contributed by atoms with Gasteiger partial charge in [0.1, 0.15) is 0 Å². The molecule has 0 spiro atoms. The summed E-state index contributed by atoms with van der Waals surface area (Å²) in [6, 6.07) is 8.02. The average molecular weight is 323 g/mol. The molecule has 1 fully saturated rings. The summed E-state index contributed by atoms with van der Waals surface area (Å²) >= 11 is 3.50. The third-order valence-electron chi connectivity index (χ3n) is 3.36. The predicted molar refractivity (Wildman–Crippen MR) is 75.7 cm³/mol. The van der Waals surface area contributed by atoms with Gasteiger partial charge in [0, 0.05) is 24.1 Å². The van der Waals surface area contributed by atoms with Crippen LogP contribution in [0.25, 0.3) is 11.5 Å². The summed E-state index contributed by atoms with van der Waals surface area (Å²) < 4.78 is 6.35. The second kappa shape index (κ2) is 5.40. The van der Waals surface area contributed by atoms with Crippen molar-refractivity contribution in [1.82, 2.24) is 20.4 Å². The normalized spacial score (nSPS) is 20.6. The Hall–Kier alpha value is -1.24. The maximum Gasteiger partial charge on any atom is 0.259 e. The lowest BCUT2D eigenvalue weighted by atomic mass is 10.2. The summed E-state index contributed by atoms with van der Waals surface area (Å²) in [7, 11) is 2.08. The topological polar surface area (TPSA) is 54.2 Å². The summed E-state index contributed by atoms with van der Waals surface area (Å²) in [5.41, 5.74) is 0.924. The number of nitrogens with zero attached hydrogens (tertiary/aromatic N) is 3. The van der Waals surface area contributed by atoms with Gasteiger partial charge in [0.15, 0.2) is 5.82 Å². The summed E-state index contributed by atoms with van der Waals surface area (Å²) in [6.45, 7) is 2.84. The van der Waals surface area contributed by atoms with Gasteiger partial charge in [0.25, 0.3) is 5.89 Å². The highest BCUT2D eigenvalue weighted by molar-refractivity contribution is 9.10. The number of hydrogen-bond donors (Lipinski definition) is 1. The van der Waals surface area contributed by atoms with Crippen LogP contribution in [0.15, 0.2) is 33.3 Å². The Labute approximate surface area is 120 Å². The lowest BCUT2D eigenvalue weighted by Gasteiger charge is -2.30. The van der Waals surface area contributed by atoms with E-state index in [1.165, 1.54) is 0 Å². The maximum atomic E-state index is 5.39. The van der Waals surface area contributed by atoms with Crippen molar-refractivity contribution < 1.29 is 4.52 Å². The molecule has 1 aliphatic rings. The lowest BCUT2D eigenvalue weighted by molar-refractivity contribution is 0.190. The number of piperazine rings is 1. The van der Waals surface area contributed by atoms with Gasteiger partial charge in [-0.1, -0.05) is 17.3 Å². The first kappa shape index (κ1) is 12.8. The quantitative estimate of drug-likeness (QED) is 0.917. The smallest absolute Gasteiger partial charge is 0.259 e. The maximum absolute atomic E-state index is 5.39. The molecule has 1 atom stereocenters. The standard InChI is InChI=1S/C13H15BrN4O/c1-18-7-6-15-8-11(18)12-16-13(19-17-12)9-4-2-3-5-10(9)14/h2-5,11,15H,6-8H2,1H3. The summed E-state index contributed by atoms with van der Waals surface area (Å²) in [6.07, 6.45) is 0. The van der Waals surface area contributed by atoms with Gasteiger partial charge >= 0.3 is 0 Å². The van der Waals surface area contributed by atoms with Crippen LogP contribution in [0.5, 0.6) is 0 Å². The van der Waals surface area contributed by atoms with E-state index in [4.69, 9.17) is 4.52 Å². The van der Waals surface area contributed by atoms with E-state index in [0.717, 1.165) is 35.5 Å². The number of likely N-dealkylation sites (N-methyl/N-ethyl adjacent to an activating group) is 1. The van der Waals surface area contributed by atoms with Crippen molar-refractivity contribution in [3.05, 3.63) is 34.6 Å². The highest BCUT2D eigenvalue weighted by atomic mass is 79.9. The molecule has 2 aromatic rings. The third-order valence-corrected chi connectivity index (χ3v) is 4.05. The van der Waals surface area contributed by atoms with Gasteiger partial charge in [-0.2, -0.15) is 4.98 Å². The highest BCUT2D eigenvalue weighted by Crippen LogP contribution is 2.28. The number of benzene rings is 1. The zero-order valence-corrected chi connectivity index (χ0v) is 12.2. The van der Waals surface area contributed by atoms with Crippen molar-refractivity contribution in [1.29, 1.82) is 0 Å². The van der Waals surface area contributed by atoms with Gasteiger partial charge < -0.3 is 9.84 Å². The molecule has 0 saturated carbocycles. The molecule has 6 heteroatoms. The zero-order valence-electron chi connectivity index (χ0n) is 10.6. The van der Waals surface area contributed by atoms with Gasteiger partial charge in [-0.3, -0.25) is 4.90 Å². The van der Waals surface area contributed by atoms with Gasteiger partial charge in [0.05, 0.1) is 11.6 Å². The molecule has 0 aliphatic carbocycles. The Morgan fingerprint density at radius 3 is 3.05 bits per heavy atom. The van der Waals surface area contributed by atoms with Crippen LogP contribution < -0.4 is 5.32 Å². The second-order valence-electron chi connectivity index (χ2n) is 4.64. The van der Waals surface area contributed by atoms with Crippen LogP contribution in [-0.2, 0) is 0 Å². The fourth-order valence-corrected chi connectivity index (χ4v) is 2.66. The van der Waals surface area contributed by atoms with Crippen molar-refractivity contribution in [3.8, 4) is 11.5 Å². The van der Waals surface area contributed by atoms with Crippen LogP contribution in [0.2, 0.25) is 0 Å². The van der Waals surface area contributed by atoms with Gasteiger partial charge in [-0.05, 0) is 35.1 Å². The molecule has 1 unspecified atom stereocenters. The summed E-state index contributed by atoms with van der Waals surface area (Å²) in [4.78, 5) is 6.77.